The van der Waals surface area contributed by atoms with Gasteiger partial charge in [-0.25, -0.2) is 4.79 Å². The first kappa shape index (κ1) is 20.0. The molecule has 0 aliphatic heterocycles. The quantitative estimate of drug-likeness (QED) is 0.790. The van der Waals surface area contributed by atoms with Crippen LogP contribution in [-0.2, 0) is 16.0 Å². The summed E-state index contributed by atoms with van der Waals surface area (Å²) in [7, 11) is 0. The van der Waals surface area contributed by atoms with Gasteiger partial charge in [0.05, 0.1) is 5.92 Å². The molecule has 0 aromatic heterocycles. The smallest absolute Gasteiger partial charge is 0.407 e. The predicted octanol–water partition coefficient (Wildman–Crippen LogP) is 3.97. The molecule has 2 N–H and O–H groups in total. The van der Waals surface area contributed by atoms with E-state index in [1.54, 1.807) is 20.8 Å². The Bertz CT molecular complexity index is 543. The Morgan fingerprint density at radius 1 is 1.17 bits per heavy atom. The lowest BCUT2D eigenvalue weighted by molar-refractivity contribution is -0.139. The van der Waals surface area contributed by atoms with Crippen molar-refractivity contribution in [1.82, 2.24) is 5.32 Å². The van der Waals surface area contributed by atoms with Crippen molar-refractivity contribution < 1.29 is 19.4 Å². The number of alkyl carbamates (subject to hydrolysis) is 1. The molecule has 0 heterocycles. The van der Waals surface area contributed by atoms with Crippen LogP contribution in [0, 0.1) is 5.92 Å². The summed E-state index contributed by atoms with van der Waals surface area (Å²) < 4.78 is 5.14. The van der Waals surface area contributed by atoms with Gasteiger partial charge < -0.3 is 15.2 Å². The summed E-state index contributed by atoms with van der Waals surface area (Å²) in [6.07, 6.45) is 0.759. The van der Waals surface area contributed by atoms with Crippen molar-refractivity contribution in [3.05, 3.63) is 35.4 Å². The van der Waals surface area contributed by atoms with E-state index in [9.17, 15) is 14.7 Å². The molecule has 1 rings (SSSR count). The molecule has 1 amide bonds. The number of carboxylic acid groups (broad SMARTS) is 1. The number of carbonyl (C=O) groups is 2. The Labute approximate surface area is 144 Å². The molecule has 0 spiro atoms. The Morgan fingerprint density at radius 2 is 1.75 bits per heavy atom. The zero-order chi connectivity index (χ0) is 18.3. The van der Waals surface area contributed by atoms with E-state index >= 15 is 0 Å². The van der Waals surface area contributed by atoms with Gasteiger partial charge in [0.15, 0.2) is 0 Å². The van der Waals surface area contributed by atoms with Crippen LogP contribution in [-0.4, -0.2) is 29.3 Å². The maximum absolute atomic E-state index is 11.6. The highest BCUT2D eigenvalue weighted by Crippen LogP contribution is 2.21. The maximum Gasteiger partial charge on any atom is 0.407 e. The molecule has 0 aliphatic carbocycles. The van der Waals surface area contributed by atoms with Gasteiger partial charge in [-0.05, 0) is 50.7 Å². The fraction of sp³-hybridized carbons (Fsp3) is 0.579. The number of hydrogen-bond acceptors (Lipinski definition) is 3. The van der Waals surface area contributed by atoms with Crippen LogP contribution in [0.3, 0.4) is 0 Å². The van der Waals surface area contributed by atoms with E-state index in [1.807, 2.05) is 24.3 Å². The van der Waals surface area contributed by atoms with E-state index in [2.05, 4.69) is 19.2 Å². The molecule has 1 atom stereocenters. The normalized spacial score (nSPS) is 12.8. The second kappa shape index (κ2) is 8.71. The zero-order valence-corrected chi connectivity index (χ0v) is 15.3. The molecular formula is C19H29NO4. The summed E-state index contributed by atoms with van der Waals surface area (Å²) in [4.78, 5) is 23.1. The number of ether oxygens (including phenoxy) is 1. The molecule has 0 aliphatic rings. The molecule has 5 nitrogen and oxygen atoms in total. The summed E-state index contributed by atoms with van der Waals surface area (Å²) in [6.45, 7) is 9.90. The highest BCUT2D eigenvalue weighted by Gasteiger charge is 2.21. The molecule has 1 aromatic carbocycles. The van der Waals surface area contributed by atoms with Gasteiger partial charge >= 0.3 is 12.1 Å². The molecule has 134 valence electrons. The largest absolute Gasteiger partial charge is 0.481 e. The number of amides is 1. The van der Waals surface area contributed by atoms with Gasteiger partial charge in [-0.15, -0.1) is 0 Å². The molecule has 0 saturated heterocycles. The van der Waals surface area contributed by atoms with Crippen LogP contribution in [0.2, 0.25) is 0 Å². The van der Waals surface area contributed by atoms with Crippen LogP contribution in [0.15, 0.2) is 24.3 Å². The maximum atomic E-state index is 11.6. The molecular weight excluding hydrogens is 306 g/mol. The fourth-order valence-electron chi connectivity index (χ4n) is 2.42. The van der Waals surface area contributed by atoms with E-state index in [-0.39, 0.29) is 6.54 Å². The molecule has 0 saturated carbocycles. The van der Waals surface area contributed by atoms with Crippen LogP contribution in [0.25, 0.3) is 0 Å². The minimum atomic E-state index is -0.891. The fourth-order valence-corrected chi connectivity index (χ4v) is 2.42. The van der Waals surface area contributed by atoms with Gasteiger partial charge in [0, 0.05) is 6.54 Å². The third-order valence-corrected chi connectivity index (χ3v) is 3.43. The standard InChI is InChI=1S/C19H29NO4/c1-13(2)12-14-6-8-15(9-7-14)16(17(21)22)10-11-20-18(23)24-19(3,4)5/h6-9,13,16H,10-12H2,1-5H3,(H,20,23)(H,21,22)/t16-/m1/s1. The number of rotatable bonds is 7. The number of carbonyl (C=O) groups excluding carboxylic acids is 1. The topological polar surface area (TPSA) is 75.6 Å². The van der Waals surface area contributed by atoms with Crippen molar-refractivity contribution >= 4 is 12.1 Å². The summed E-state index contributed by atoms with van der Waals surface area (Å²) >= 11 is 0. The number of carboxylic acids is 1. The Morgan fingerprint density at radius 3 is 2.21 bits per heavy atom. The van der Waals surface area contributed by atoms with Crippen molar-refractivity contribution in [3.8, 4) is 0 Å². The monoisotopic (exact) mass is 335 g/mol. The first-order valence-electron chi connectivity index (χ1n) is 8.37. The zero-order valence-electron chi connectivity index (χ0n) is 15.3. The Balaban J connectivity index is 2.61. The van der Waals surface area contributed by atoms with E-state index in [4.69, 9.17) is 4.74 Å². The summed E-state index contributed by atoms with van der Waals surface area (Å²) in [5, 5.41) is 12.1. The van der Waals surface area contributed by atoms with Gasteiger partial charge in [0.25, 0.3) is 0 Å². The van der Waals surface area contributed by atoms with Crippen LogP contribution < -0.4 is 5.32 Å². The highest BCUT2D eigenvalue weighted by molar-refractivity contribution is 5.76. The SMILES string of the molecule is CC(C)Cc1ccc([C@@H](CCNC(=O)OC(C)(C)C)C(=O)O)cc1. The third-order valence-electron chi connectivity index (χ3n) is 3.43. The second-order valence-electron chi connectivity index (χ2n) is 7.45. The molecule has 1 aromatic rings. The van der Waals surface area contributed by atoms with Crippen molar-refractivity contribution in [2.45, 2.75) is 59.0 Å². The van der Waals surface area contributed by atoms with Gasteiger partial charge in [0.1, 0.15) is 5.60 Å². The minimum Gasteiger partial charge on any atom is -0.481 e. The predicted molar refractivity (Wildman–Crippen MR) is 94.2 cm³/mol. The molecule has 0 bridgehead atoms. The number of benzene rings is 1. The number of nitrogens with one attached hydrogen (secondary N) is 1. The lowest BCUT2D eigenvalue weighted by Crippen LogP contribution is -2.33. The average Bonchev–Trinajstić information content (AvgIpc) is 2.42. The van der Waals surface area contributed by atoms with Crippen molar-refractivity contribution in [2.75, 3.05) is 6.54 Å². The minimum absolute atomic E-state index is 0.250. The van der Waals surface area contributed by atoms with Gasteiger partial charge in [-0.2, -0.15) is 0 Å². The van der Waals surface area contributed by atoms with Crippen LogP contribution in [0.1, 0.15) is 58.1 Å². The summed E-state index contributed by atoms with van der Waals surface area (Å²) in [5.41, 5.74) is 1.38. The van der Waals surface area contributed by atoms with E-state index < -0.39 is 23.6 Å². The molecule has 0 fully saturated rings. The van der Waals surface area contributed by atoms with E-state index in [1.165, 1.54) is 5.56 Å². The van der Waals surface area contributed by atoms with Crippen molar-refractivity contribution in [1.29, 1.82) is 0 Å². The first-order chi connectivity index (χ1) is 11.1. The summed E-state index contributed by atoms with van der Waals surface area (Å²) in [6, 6.07) is 7.69. The molecule has 5 heteroatoms. The van der Waals surface area contributed by atoms with Crippen molar-refractivity contribution in [3.63, 3.8) is 0 Å². The van der Waals surface area contributed by atoms with Crippen LogP contribution in [0.4, 0.5) is 4.79 Å². The van der Waals surface area contributed by atoms with E-state index in [0.717, 1.165) is 12.0 Å². The lowest BCUT2D eigenvalue weighted by atomic mass is 9.93. The van der Waals surface area contributed by atoms with Crippen LogP contribution >= 0.6 is 0 Å². The highest BCUT2D eigenvalue weighted by atomic mass is 16.6. The number of aliphatic carboxylic acids is 1. The van der Waals surface area contributed by atoms with Crippen molar-refractivity contribution in [2.24, 2.45) is 5.92 Å². The van der Waals surface area contributed by atoms with Gasteiger partial charge in [-0.3, -0.25) is 4.79 Å². The average molecular weight is 335 g/mol. The molecule has 24 heavy (non-hydrogen) atoms. The lowest BCUT2D eigenvalue weighted by Gasteiger charge is -2.20. The molecule has 0 radical (unpaired) electrons. The summed E-state index contributed by atoms with van der Waals surface area (Å²) in [5.74, 6) is -0.977. The first-order valence-corrected chi connectivity index (χ1v) is 8.37. The van der Waals surface area contributed by atoms with Gasteiger partial charge in [0.2, 0.25) is 0 Å². The van der Waals surface area contributed by atoms with E-state index in [0.29, 0.717) is 12.3 Å². The van der Waals surface area contributed by atoms with Crippen LogP contribution in [0.5, 0.6) is 0 Å². The van der Waals surface area contributed by atoms with Gasteiger partial charge in [-0.1, -0.05) is 38.1 Å². The number of hydrogen-bond donors (Lipinski definition) is 2. The second-order valence-corrected chi connectivity index (χ2v) is 7.45. The third kappa shape index (κ3) is 7.49. The molecule has 0 unspecified atom stereocenters. The Kier molecular flexibility index (Phi) is 7.26. The Hall–Kier alpha value is -2.04.